The fourth-order valence-corrected chi connectivity index (χ4v) is 2.54. The number of nitrogens with zero attached hydrogens (tertiary/aromatic N) is 2. The summed E-state index contributed by atoms with van der Waals surface area (Å²) in [7, 11) is 0.655. The Morgan fingerprint density at radius 3 is 2.58 bits per heavy atom. The van der Waals surface area contributed by atoms with Crippen LogP contribution in [0, 0.1) is 12.8 Å². The second-order valence-corrected chi connectivity index (χ2v) is 5.48. The number of aromatic nitrogens is 2. The molecule has 106 valence electrons. The van der Waals surface area contributed by atoms with E-state index in [9.17, 15) is 4.32 Å². The van der Waals surface area contributed by atoms with E-state index in [1.54, 1.807) is 11.1 Å². The van der Waals surface area contributed by atoms with Crippen molar-refractivity contribution in [1.82, 2.24) is 9.55 Å². The molecule has 1 aliphatic rings. The molecular formula is C15H26BFN2. The molecule has 2 nitrogen and oxygen atoms in total. The highest BCUT2D eigenvalue weighted by atomic mass is 19.1. The van der Waals surface area contributed by atoms with Crippen molar-refractivity contribution in [3.05, 3.63) is 28.9 Å². The van der Waals surface area contributed by atoms with Crippen molar-refractivity contribution in [3.8, 4) is 0 Å². The molecule has 0 saturated carbocycles. The highest BCUT2D eigenvalue weighted by Crippen LogP contribution is 2.30. The van der Waals surface area contributed by atoms with Crippen molar-refractivity contribution in [1.29, 1.82) is 1.34 Å². The summed E-state index contributed by atoms with van der Waals surface area (Å²) >= 11 is 0. The van der Waals surface area contributed by atoms with Crippen LogP contribution in [-0.4, -0.2) is 18.4 Å². The lowest BCUT2D eigenvalue weighted by molar-refractivity contribution is 0.448. The predicted molar refractivity (Wildman–Crippen MR) is 81.5 cm³/mol. The van der Waals surface area contributed by atoms with Crippen molar-refractivity contribution in [2.24, 2.45) is 13.0 Å². The Morgan fingerprint density at radius 2 is 2.11 bits per heavy atom. The Morgan fingerprint density at radius 1 is 1.47 bits per heavy atom. The SMILES string of the molecule is CC1=C(C)CC(Cc2cn(C)c(C)n2)CC1.[3H]B(C)F. The molecule has 0 bridgehead atoms. The molecule has 0 radical (unpaired) electrons. The largest absolute Gasteiger partial charge is 0.342 e. The third-order valence-corrected chi connectivity index (χ3v) is 3.91. The van der Waals surface area contributed by atoms with Gasteiger partial charge in [-0.25, -0.2) is 4.98 Å². The fourth-order valence-electron chi connectivity index (χ4n) is 2.54. The predicted octanol–water partition coefficient (Wildman–Crippen LogP) is 3.76. The molecule has 1 unspecified atom stereocenters. The first kappa shape index (κ1) is 14.4. The van der Waals surface area contributed by atoms with E-state index in [4.69, 9.17) is 1.34 Å². The molecule has 1 aromatic rings. The van der Waals surface area contributed by atoms with E-state index in [2.05, 4.69) is 43.6 Å². The molecule has 0 saturated heterocycles. The van der Waals surface area contributed by atoms with Crippen LogP contribution < -0.4 is 0 Å². The summed E-state index contributed by atoms with van der Waals surface area (Å²) in [5.74, 6) is 1.92. The smallest absolute Gasteiger partial charge is 0.328 e. The first-order valence-electron chi connectivity index (χ1n) is 7.57. The van der Waals surface area contributed by atoms with Gasteiger partial charge in [-0.2, -0.15) is 0 Å². The Hall–Kier alpha value is -1.06. The minimum Gasteiger partial charge on any atom is -0.342 e. The first-order valence-corrected chi connectivity index (χ1v) is 7.00. The van der Waals surface area contributed by atoms with E-state index in [0.717, 1.165) is 18.2 Å². The van der Waals surface area contributed by atoms with E-state index < -0.39 is 7.52 Å². The van der Waals surface area contributed by atoms with E-state index in [1.807, 2.05) is 0 Å². The van der Waals surface area contributed by atoms with Crippen molar-refractivity contribution >= 4 is 7.52 Å². The number of hydrogen-bond acceptors (Lipinski definition) is 1. The zero-order valence-corrected chi connectivity index (χ0v) is 12.8. The van der Waals surface area contributed by atoms with Gasteiger partial charge in [-0.05, 0) is 52.4 Å². The monoisotopic (exact) mass is 266 g/mol. The number of aryl methyl sites for hydroxylation is 2. The van der Waals surface area contributed by atoms with Crippen molar-refractivity contribution in [2.45, 2.75) is 53.3 Å². The van der Waals surface area contributed by atoms with Gasteiger partial charge in [0.15, 0.2) is 0 Å². The van der Waals surface area contributed by atoms with Gasteiger partial charge in [-0.3, -0.25) is 0 Å². The van der Waals surface area contributed by atoms with Gasteiger partial charge in [0.1, 0.15) is 5.82 Å². The summed E-state index contributed by atoms with van der Waals surface area (Å²) in [6.07, 6.45) is 7.20. The van der Waals surface area contributed by atoms with Gasteiger partial charge >= 0.3 is 7.52 Å². The van der Waals surface area contributed by atoms with Crippen molar-refractivity contribution in [2.75, 3.05) is 0 Å². The Labute approximate surface area is 118 Å². The van der Waals surface area contributed by atoms with Crippen LogP contribution in [0.5, 0.6) is 0 Å². The minimum atomic E-state index is -1.42. The van der Waals surface area contributed by atoms with Crippen LogP contribution in [-0.2, 0) is 13.5 Å². The highest BCUT2D eigenvalue weighted by Gasteiger charge is 2.18. The van der Waals surface area contributed by atoms with Crippen LogP contribution in [0.4, 0.5) is 4.32 Å². The maximum Gasteiger partial charge on any atom is 0.328 e. The number of halogens is 1. The average Bonchev–Trinajstić information content (AvgIpc) is 2.62. The third kappa shape index (κ3) is 4.85. The summed E-state index contributed by atoms with van der Waals surface area (Å²) in [6.45, 7) is 7.79. The topological polar surface area (TPSA) is 17.8 Å². The van der Waals surface area contributed by atoms with Crippen molar-refractivity contribution in [3.63, 3.8) is 0 Å². The highest BCUT2D eigenvalue weighted by molar-refractivity contribution is 6.23. The van der Waals surface area contributed by atoms with Crippen LogP contribution in [0.15, 0.2) is 17.3 Å². The van der Waals surface area contributed by atoms with E-state index >= 15 is 0 Å². The van der Waals surface area contributed by atoms with Crippen molar-refractivity contribution < 1.29 is 4.32 Å². The molecule has 1 aliphatic carbocycles. The van der Waals surface area contributed by atoms with Crippen LogP contribution in [0.1, 0.15) is 44.6 Å². The first-order chi connectivity index (χ1) is 9.29. The van der Waals surface area contributed by atoms with E-state index in [0.29, 0.717) is 0 Å². The molecule has 1 heterocycles. The van der Waals surface area contributed by atoms with Gasteiger partial charge in [-0.15, -0.1) is 0 Å². The summed E-state index contributed by atoms with van der Waals surface area (Å²) in [5, 5.41) is 0. The molecule has 19 heavy (non-hydrogen) atoms. The summed E-state index contributed by atoms with van der Waals surface area (Å²) in [4.78, 5) is 4.60. The molecule has 1 atom stereocenters. The lowest BCUT2D eigenvalue weighted by atomic mass is 9.83. The molecular weight excluding hydrogens is 238 g/mol. The van der Waals surface area contributed by atoms with Crippen LogP contribution >= 0.6 is 0 Å². The number of allylic oxidation sites excluding steroid dienone is 2. The Bertz CT molecular complexity index is 446. The van der Waals surface area contributed by atoms with E-state index in [1.165, 1.54) is 31.8 Å². The summed E-state index contributed by atoms with van der Waals surface area (Å²) in [5.41, 5.74) is 4.47. The van der Waals surface area contributed by atoms with Gasteiger partial charge in [0.05, 0.1) is 5.69 Å². The lowest BCUT2D eigenvalue weighted by Crippen LogP contribution is -2.11. The van der Waals surface area contributed by atoms with Gasteiger partial charge in [0, 0.05) is 14.6 Å². The summed E-state index contributed by atoms with van der Waals surface area (Å²) < 4.78 is 18.7. The summed E-state index contributed by atoms with van der Waals surface area (Å²) in [6, 6.07) is 0. The zero-order chi connectivity index (χ0) is 15.3. The number of rotatable bonds is 2. The molecule has 2 rings (SSSR count). The molecule has 0 aliphatic heterocycles. The normalized spacial score (nSPS) is 19.7. The third-order valence-electron chi connectivity index (χ3n) is 3.91. The lowest BCUT2D eigenvalue weighted by Gasteiger charge is -2.23. The molecule has 0 aromatic carbocycles. The molecule has 1 aromatic heterocycles. The van der Waals surface area contributed by atoms with Crippen LogP contribution in [0.3, 0.4) is 0 Å². The second kappa shape index (κ2) is 7.51. The molecule has 0 N–H and O–H groups in total. The van der Waals surface area contributed by atoms with Gasteiger partial charge in [0.2, 0.25) is 0 Å². The Kier molecular flexibility index (Phi) is 5.68. The number of hydrogen-bond donors (Lipinski definition) is 0. The quantitative estimate of drug-likeness (QED) is 0.588. The fraction of sp³-hybridized carbons (Fsp3) is 0.667. The van der Waals surface area contributed by atoms with Crippen LogP contribution in [0.2, 0.25) is 6.82 Å². The minimum absolute atomic E-state index is 0.804. The molecule has 0 fully saturated rings. The maximum absolute atomic E-state index is 10.7. The molecule has 0 spiro atoms. The van der Waals surface area contributed by atoms with Gasteiger partial charge in [0.25, 0.3) is 0 Å². The molecule has 4 heteroatoms. The average molecular weight is 266 g/mol. The maximum atomic E-state index is 10.7. The molecule has 0 amide bonds. The van der Waals surface area contributed by atoms with Gasteiger partial charge in [-0.1, -0.05) is 18.0 Å². The standard InChI is InChI=1S/C14H22N2.CH4BF/c1-10-5-6-13(7-11(10)2)8-14-9-16(4)12(3)15-14;1-2-3/h9,13H,5-8H2,1-4H3;2H,1H3/i;2T. The van der Waals surface area contributed by atoms with E-state index in [-0.39, 0.29) is 0 Å². The van der Waals surface area contributed by atoms with Gasteiger partial charge < -0.3 is 8.88 Å². The zero-order valence-electron chi connectivity index (χ0n) is 13.8. The Balaban J connectivity index is 0.000000444. The second-order valence-electron chi connectivity index (χ2n) is 5.48. The van der Waals surface area contributed by atoms with Crippen LogP contribution in [0.25, 0.3) is 0 Å². The number of imidazole rings is 1.